The number of aliphatic hydroxyl groups excluding tert-OH is 5. The molecule has 1 saturated carbocycles. The maximum Gasteiger partial charge on any atom is 0.246 e. The predicted octanol–water partition coefficient (Wildman–Crippen LogP) is -1.32. The largest absolute Gasteiger partial charge is 0.394 e. The molecule has 1 amide bonds. The summed E-state index contributed by atoms with van der Waals surface area (Å²) in [5, 5.41) is 51.7. The Kier molecular flexibility index (Phi) is 11.0. The Bertz CT molecular complexity index is 790. The van der Waals surface area contributed by atoms with Crippen molar-refractivity contribution in [3.63, 3.8) is 0 Å². The van der Waals surface area contributed by atoms with Crippen LogP contribution >= 0.6 is 0 Å². The Morgan fingerprint density at radius 1 is 0.821 bits per heavy atom. The molecular weight excluding hydrogens is 518 g/mol. The van der Waals surface area contributed by atoms with Crippen molar-refractivity contribution in [3.05, 3.63) is 0 Å². The molecule has 3 aliphatic heterocycles. The lowest BCUT2D eigenvalue weighted by atomic mass is 9.85. The Balaban J connectivity index is 1.54. The quantitative estimate of drug-likeness (QED) is 0.223. The van der Waals surface area contributed by atoms with Gasteiger partial charge in [0.1, 0.15) is 48.8 Å². The van der Waals surface area contributed by atoms with Crippen molar-refractivity contribution in [2.45, 2.75) is 139 Å². The van der Waals surface area contributed by atoms with Crippen molar-refractivity contribution >= 4 is 5.91 Å². The second-order valence-corrected chi connectivity index (χ2v) is 11.3. The second-order valence-electron chi connectivity index (χ2n) is 11.3. The lowest BCUT2D eigenvalue weighted by Gasteiger charge is -2.48. The number of carbonyl (C=O) groups excluding carboxylic acids is 1. The van der Waals surface area contributed by atoms with Crippen LogP contribution in [0.2, 0.25) is 0 Å². The topological polar surface area (TPSA) is 200 Å². The van der Waals surface area contributed by atoms with Crippen molar-refractivity contribution in [2.75, 3.05) is 13.2 Å². The summed E-state index contributed by atoms with van der Waals surface area (Å²) in [4.78, 5) is 12.1. The lowest BCUT2D eigenvalue weighted by Crippen LogP contribution is -2.63. The molecule has 4 aliphatic rings. The number of aliphatic hydroxyl groups is 5. The van der Waals surface area contributed by atoms with E-state index >= 15 is 0 Å². The molecule has 3 saturated heterocycles. The molecule has 0 radical (unpaired) electrons. The van der Waals surface area contributed by atoms with E-state index in [4.69, 9.17) is 34.2 Å². The van der Waals surface area contributed by atoms with Gasteiger partial charge in [0.15, 0.2) is 12.6 Å². The molecule has 14 atom stereocenters. The van der Waals surface area contributed by atoms with Crippen LogP contribution in [-0.2, 0) is 33.2 Å². The molecule has 0 bridgehead atoms. The van der Waals surface area contributed by atoms with Gasteiger partial charge in [-0.3, -0.25) is 4.79 Å². The van der Waals surface area contributed by atoms with Crippen LogP contribution in [0, 0.1) is 5.92 Å². The molecule has 0 aromatic carbocycles. The van der Waals surface area contributed by atoms with Crippen LogP contribution in [0.15, 0.2) is 0 Å². The number of rotatable bonds is 6. The standard InChI is InChI=1S/C26H45NO12/c1-12-7-6-9-14(21(12)39-25-20(32)19(31)17(29)13(2)35-25)37-26-23-22(18(30)16(11-28)38-26)36-15(24(27)33)8-4-3-5-10-34-23/h12-23,25-26,28-32H,3-11H2,1-2H3,(H2,27,33). The van der Waals surface area contributed by atoms with Crippen LogP contribution in [0.5, 0.6) is 0 Å². The van der Waals surface area contributed by atoms with Gasteiger partial charge in [-0.25, -0.2) is 0 Å². The van der Waals surface area contributed by atoms with E-state index < -0.39 is 92.2 Å². The summed E-state index contributed by atoms with van der Waals surface area (Å²) in [6, 6.07) is 0. The molecule has 39 heavy (non-hydrogen) atoms. The predicted molar refractivity (Wildman–Crippen MR) is 133 cm³/mol. The summed E-state index contributed by atoms with van der Waals surface area (Å²) < 4.78 is 36.4. The number of carbonyl (C=O) groups is 1. The van der Waals surface area contributed by atoms with Crippen molar-refractivity contribution < 1.29 is 58.7 Å². The minimum atomic E-state index is -1.46. The van der Waals surface area contributed by atoms with Gasteiger partial charge in [0, 0.05) is 6.61 Å². The highest BCUT2D eigenvalue weighted by Crippen LogP contribution is 2.36. The van der Waals surface area contributed by atoms with E-state index in [2.05, 4.69) is 0 Å². The van der Waals surface area contributed by atoms with Crippen LogP contribution in [0.4, 0.5) is 0 Å². The zero-order valence-corrected chi connectivity index (χ0v) is 22.6. The van der Waals surface area contributed by atoms with Crippen LogP contribution in [0.1, 0.15) is 58.8 Å². The van der Waals surface area contributed by atoms with E-state index in [0.717, 1.165) is 25.7 Å². The lowest BCUT2D eigenvalue weighted by molar-refractivity contribution is -0.352. The molecule has 13 nitrogen and oxygen atoms in total. The van der Waals surface area contributed by atoms with Gasteiger partial charge in [-0.2, -0.15) is 0 Å². The molecule has 13 heteroatoms. The van der Waals surface area contributed by atoms with E-state index in [-0.39, 0.29) is 5.92 Å². The summed E-state index contributed by atoms with van der Waals surface area (Å²) in [7, 11) is 0. The van der Waals surface area contributed by atoms with E-state index in [9.17, 15) is 30.3 Å². The van der Waals surface area contributed by atoms with Crippen LogP contribution in [-0.4, -0.2) is 124 Å². The molecule has 14 unspecified atom stereocenters. The SMILES string of the molecule is CC1CCCC(OC2OC(CO)C(O)C3OC(C(N)=O)CCCCCOC23)C1OC1OC(C)C(O)C(O)C1O. The van der Waals surface area contributed by atoms with Gasteiger partial charge < -0.3 is 59.7 Å². The molecule has 0 aromatic heterocycles. The van der Waals surface area contributed by atoms with Gasteiger partial charge in [-0.1, -0.05) is 26.2 Å². The third-order valence-corrected chi connectivity index (χ3v) is 8.34. The average Bonchev–Trinajstić information content (AvgIpc) is 2.91. The molecule has 226 valence electrons. The third-order valence-electron chi connectivity index (χ3n) is 8.34. The van der Waals surface area contributed by atoms with Crippen LogP contribution in [0.25, 0.3) is 0 Å². The highest BCUT2D eigenvalue weighted by Gasteiger charge is 2.51. The number of primary amides is 1. The summed E-state index contributed by atoms with van der Waals surface area (Å²) in [6.45, 7) is 3.40. The number of ether oxygens (including phenoxy) is 6. The van der Waals surface area contributed by atoms with Gasteiger partial charge in [-0.15, -0.1) is 0 Å². The zero-order chi connectivity index (χ0) is 28.3. The maximum absolute atomic E-state index is 12.1. The number of nitrogens with two attached hydrogens (primary N) is 1. The summed E-state index contributed by atoms with van der Waals surface area (Å²) >= 11 is 0. The van der Waals surface area contributed by atoms with E-state index in [1.807, 2.05) is 6.92 Å². The Morgan fingerprint density at radius 3 is 2.31 bits per heavy atom. The number of hydrogen-bond acceptors (Lipinski definition) is 12. The van der Waals surface area contributed by atoms with Gasteiger partial charge in [-0.05, 0) is 38.5 Å². The third kappa shape index (κ3) is 7.09. The fraction of sp³-hybridized carbons (Fsp3) is 0.962. The molecule has 1 aliphatic carbocycles. The average molecular weight is 564 g/mol. The van der Waals surface area contributed by atoms with Gasteiger partial charge in [0.05, 0.1) is 24.9 Å². The molecule has 4 rings (SSSR count). The first-order chi connectivity index (χ1) is 18.6. The summed E-state index contributed by atoms with van der Waals surface area (Å²) in [5.41, 5.74) is 5.58. The van der Waals surface area contributed by atoms with Crippen LogP contribution in [0.3, 0.4) is 0 Å². The minimum absolute atomic E-state index is 0.0158. The Hall–Kier alpha value is -0.970. The number of fused-ring (bicyclic) bond motifs is 1. The van der Waals surface area contributed by atoms with Crippen molar-refractivity contribution in [1.82, 2.24) is 0 Å². The first-order valence-electron chi connectivity index (χ1n) is 14.1. The fourth-order valence-electron chi connectivity index (χ4n) is 5.93. The molecular formula is C26H45NO12. The van der Waals surface area contributed by atoms with Gasteiger partial charge >= 0.3 is 0 Å². The maximum atomic E-state index is 12.1. The molecule has 0 aromatic rings. The first-order valence-corrected chi connectivity index (χ1v) is 14.1. The van der Waals surface area contributed by atoms with E-state index in [1.165, 1.54) is 0 Å². The molecule has 7 N–H and O–H groups in total. The van der Waals surface area contributed by atoms with Gasteiger partial charge in [0.25, 0.3) is 0 Å². The van der Waals surface area contributed by atoms with Crippen molar-refractivity contribution in [3.8, 4) is 0 Å². The molecule has 0 spiro atoms. The zero-order valence-electron chi connectivity index (χ0n) is 22.6. The summed E-state index contributed by atoms with van der Waals surface area (Å²) in [6.07, 6.45) is -8.70. The van der Waals surface area contributed by atoms with Gasteiger partial charge in [0.2, 0.25) is 5.91 Å². The second kappa shape index (κ2) is 13.8. The van der Waals surface area contributed by atoms with E-state index in [1.54, 1.807) is 6.92 Å². The van der Waals surface area contributed by atoms with Crippen LogP contribution < -0.4 is 5.73 Å². The monoisotopic (exact) mass is 563 g/mol. The highest BCUT2D eigenvalue weighted by atomic mass is 16.7. The highest BCUT2D eigenvalue weighted by molar-refractivity contribution is 5.78. The normalized spacial score (nSPS) is 48.2. The van der Waals surface area contributed by atoms with Crippen molar-refractivity contribution in [2.24, 2.45) is 11.7 Å². The van der Waals surface area contributed by atoms with E-state index in [0.29, 0.717) is 25.9 Å². The fourth-order valence-corrected chi connectivity index (χ4v) is 5.93. The summed E-state index contributed by atoms with van der Waals surface area (Å²) in [5.74, 6) is -0.661. The van der Waals surface area contributed by atoms with Crippen molar-refractivity contribution in [1.29, 1.82) is 0 Å². The molecule has 4 fully saturated rings. The smallest absolute Gasteiger partial charge is 0.246 e. The molecule has 3 heterocycles. The minimum Gasteiger partial charge on any atom is -0.394 e. The first kappa shape index (κ1) is 31.0. The number of hydrogen-bond donors (Lipinski definition) is 6. The number of amides is 1. The Labute approximate surface area is 228 Å². The Morgan fingerprint density at radius 2 is 1.59 bits per heavy atom.